The molecule has 5 heteroatoms. The lowest BCUT2D eigenvalue weighted by Gasteiger charge is -2.07. The average Bonchev–Trinajstić information content (AvgIpc) is 2.91. The van der Waals surface area contributed by atoms with Gasteiger partial charge in [-0.15, -0.1) is 0 Å². The number of carbonyl (C=O) groups is 1. The van der Waals surface area contributed by atoms with Crippen LogP contribution in [-0.2, 0) is 0 Å². The molecule has 0 aromatic carbocycles. The number of rotatable bonds is 3. The number of nitrogens with two attached hydrogens (primary N) is 1. The van der Waals surface area contributed by atoms with E-state index >= 15 is 0 Å². The Morgan fingerprint density at radius 1 is 1.64 bits per heavy atom. The maximum atomic E-state index is 12.7. The maximum absolute atomic E-state index is 12.7. The van der Waals surface area contributed by atoms with Crippen LogP contribution in [0.1, 0.15) is 23.2 Å². The molecule has 0 radical (unpaired) electrons. The van der Waals surface area contributed by atoms with Crippen LogP contribution in [-0.4, -0.2) is 17.0 Å². The highest BCUT2D eigenvalue weighted by Gasteiger charge is 2.25. The summed E-state index contributed by atoms with van der Waals surface area (Å²) >= 11 is 0. The Balaban J connectivity index is 2.31. The molecule has 1 fully saturated rings. The van der Waals surface area contributed by atoms with Gasteiger partial charge in [-0.3, -0.25) is 4.79 Å². The van der Waals surface area contributed by atoms with E-state index in [1.54, 1.807) is 0 Å². The number of hydrogen-bond acceptors (Lipinski definition) is 3. The van der Waals surface area contributed by atoms with Gasteiger partial charge in [-0.25, -0.2) is 4.98 Å². The molecule has 1 amide bonds. The first kappa shape index (κ1) is 8.93. The Labute approximate surface area is 79.9 Å². The van der Waals surface area contributed by atoms with Crippen molar-refractivity contribution in [1.29, 1.82) is 0 Å². The lowest BCUT2D eigenvalue weighted by Crippen LogP contribution is -2.14. The largest absolute Gasteiger partial charge is 0.488 e. The van der Waals surface area contributed by atoms with Gasteiger partial charge < -0.3 is 10.5 Å². The number of hydrogen-bond donors (Lipinski definition) is 1. The lowest BCUT2D eigenvalue weighted by atomic mass is 10.2. The number of primary amides is 1. The molecular weight excluding hydrogens is 187 g/mol. The van der Waals surface area contributed by atoms with Crippen molar-refractivity contribution in [3.05, 3.63) is 23.8 Å². The van der Waals surface area contributed by atoms with Crippen molar-refractivity contribution in [2.45, 2.75) is 18.9 Å². The summed E-state index contributed by atoms with van der Waals surface area (Å²) in [7, 11) is 0. The van der Waals surface area contributed by atoms with Crippen LogP contribution < -0.4 is 10.5 Å². The smallest absolute Gasteiger partial charge is 0.252 e. The number of pyridine rings is 1. The van der Waals surface area contributed by atoms with Crippen LogP contribution in [0.5, 0.6) is 5.75 Å². The number of amides is 1. The molecule has 1 aromatic rings. The average molecular weight is 196 g/mol. The minimum absolute atomic E-state index is 0.0457. The molecule has 14 heavy (non-hydrogen) atoms. The zero-order valence-electron chi connectivity index (χ0n) is 7.37. The molecule has 1 heterocycles. The second-order valence-electron chi connectivity index (χ2n) is 3.18. The topological polar surface area (TPSA) is 65.2 Å². The molecule has 2 N–H and O–H groups in total. The first-order valence-corrected chi connectivity index (χ1v) is 4.29. The minimum atomic E-state index is -0.734. The molecule has 0 unspecified atom stereocenters. The van der Waals surface area contributed by atoms with Gasteiger partial charge >= 0.3 is 0 Å². The normalized spacial score (nSPS) is 15.2. The van der Waals surface area contributed by atoms with Crippen LogP contribution in [0, 0.1) is 5.95 Å². The molecule has 4 nitrogen and oxygen atoms in total. The van der Waals surface area contributed by atoms with Crippen LogP contribution in [0.4, 0.5) is 4.39 Å². The Hall–Kier alpha value is -1.65. The summed E-state index contributed by atoms with van der Waals surface area (Å²) in [5.41, 5.74) is 5.11. The summed E-state index contributed by atoms with van der Waals surface area (Å²) in [6, 6.07) is 0.986. The standard InChI is InChI=1S/C9H9FN2O2/c10-8-3-6(9(11)13)7(4-12-8)14-5-1-2-5/h3-5H,1-2H2,(H2,11,13). The van der Waals surface area contributed by atoms with Gasteiger partial charge in [0.05, 0.1) is 17.9 Å². The molecule has 1 aromatic heterocycles. The van der Waals surface area contributed by atoms with Crippen molar-refractivity contribution in [3.8, 4) is 5.75 Å². The fourth-order valence-corrected chi connectivity index (χ4v) is 1.07. The van der Waals surface area contributed by atoms with Crippen molar-refractivity contribution >= 4 is 5.91 Å². The highest BCUT2D eigenvalue weighted by molar-refractivity contribution is 5.95. The first-order valence-electron chi connectivity index (χ1n) is 4.29. The molecule has 74 valence electrons. The van der Waals surface area contributed by atoms with E-state index in [4.69, 9.17) is 10.5 Å². The van der Waals surface area contributed by atoms with Gasteiger partial charge in [0.15, 0.2) is 5.75 Å². The minimum Gasteiger partial charge on any atom is -0.488 e. The van der Waals surface area contributed by atoms with Gasteiger partial charge in [0.25, 0.3) is 5.91 Å². The molecule has 0 bridgehead atoms. The summed E-state index contributed by atoms with van der Waals surface area (Å²) in [6.45, 7) is 0. The molecule has 0 atom stereocenters. The highest BCUT2D eigenvalue weighted by Crippen LogP contribution is 2.28. The Morgan fingerprint density at radius 2 is 2.36 bits per heavy atom. The third-order valence-electron chi connectivity index (χ3n) is 1.92. The summed E-state index contributed by atoms with van der Waals surface area (Å²) in [4.78, 5) is 14.3. The van der Waals surface area contributed by atoms with E-state index in [-0.39, 0.29) is 17.4 Å². The fraction of sp³-hybridized carbons (Fsp3) is 0.333. The van der Waals surface area contributed by atoms with Crippen molar-refractivity contribution in [1.82, 2.24) is 4.98 Å². The van der Waals surface area contributed by atoms with Gasteiger partial charge in [-0.05, 0) is 12.8 Å². The number of nitrogens with zero attached hydrogens (tertiary/aromatic N) is 1. The van der Waals surface area contributed by atoms with Crippen LogP contribution >= 0.6 is 0 Å². The van der Waals surface area contributed by atoms with E-state index in [9.17, 15) is 9.18 Å². The van der Waals surface area contributed by atoms with Crippen LogP contribution in [0.15, 0.2) is 12.3 Å². The van der Waals surface area contributed by atoms with Crippen LogP contribution in [0.3, 0.4) is 0 Å². The molecule has 1 aliphatic carbocycles. The van der Waals surface area contributed by atoms with E-state index < -0.39 is 11.9 Å². The SMILES string of the molecule is NC(=O)c1cc(F)ncc1OC1CC1. The van der Waals surface area contributed by atoms with Gasteiger partial charge in [0.1, 0.15) is 0 Å². The Morgan fingerprint density at radius 3 is 2.93 bits per heavy atom. The maximum Gasteiger partial charge on any atom is 0.252 e. The van der Waals surface area contributed by atoms with Crippen molar-refractivity contribution in [2.75, 3.05) is 0 Å². The molecule has 2 rings (SSSR count). The van der Waals surface area contributed by atoms with Gasteiger partial charge in [0.2, 0.25) is 5.95 Å². The molecule has 0 spiro atoms. The van der Waals surface area contributed by atoms with E-state index in [0.717, 1.165) is 18.9 Å². The summed E-state index contributed by atoms with van der Waals surface area (Å²) < 4.78 is 18.0. The van der Waals surface area contributed by atoms with E-state index in [2.05, 4.69) is 4.98 Å². The number of halogens is 1. The monoisotopic (exact) mass is 196 g/mol. The van der Waals surface area contributed by atoms with Crippen molar-refractivity contribution in [3.63, 3.8) is 0 Å². The molecule has 0 saturated heterocycles. The van der Waals surface area contributed by atoms with Gasteiger partial charge in [-0.1, -0.05) is 0 Å². The number of carbonyl (C=O) groups excluding carboxylic acids is 1. The third-order valence-corrected chi connectivity index (χ3v) is 1.92. The number of aromatic nitrogens is 1. The quantitative estimate of drug-likeness (QED) is 0.729. The Bertz CT molecular complexity index is 377. The second kappa shape index (κ2) is 3.25. The second-order valence-corrected chi connectivity index (χ2v) is 3.18. The van der Waals surface area contributed by atoms with E-state index in [1.165, 1.54) is 6.20 Å². The molecule has 1 saturated carbocycles. The van der Waals surface area contributed by atoms with Crippen molar-refractivity contribution in [2.24, 2.45) is 5.73 Å². The predicted octanol–water partition coefficient (Wildman–Crippen LogP) is 0.861. The Kier molecular flexibility index (Phi) is 2.07. The fourth-order valence-electron chi connectivity index (χ4n) is 1.07. The summed E-state index contributed by atoms with van der Waals surface area (Å²) in [6.07, 6.45) is 3.22. The highest BCUT2D eigenvalue weighted by atomic mass is 19.1. The lowest BCUT2D eigenvalue weighted by molar-refractivity contribution is 0.0995. The predicted molar refractivity (Wildman–Crippen MR) is 46.4 cm³/mol. The molecular formula is C9H9FN2O2. The zero-order valence-corrected chi connectivity index (χ0v) is 7.37. The third kappa shape index (κ3) is 1.81. The van der Waals surface area contributed by atoms with E-state index in [0.29, 0.717) is 0 Å². The van der Waals surface area contributed by atoms with Crippen LogP contribution in [0.25, 0.3) is 0 Å². The number of ether oxygens (including phenoxy) is 1. The first-order chi connectivity index (χ1) is 6.66. The van der Waals surface area contributed by atoms with Crippen molar-refractivity contribution < 1.29 is 13.9 Å². The van der Waals surface area contributed by atoms with Gasteiger partial charge in [0, 0.05) is 6.07 Å². The van der Waals surface area contributed by atoms with E-state index in [1.807, 2.05) is 0 Å². The molecule has 1 aliphatic rings. The summed E-state index contributed by atoms with van der Waals surface area (Å²) in [5.74, 6) is -1.18. The zero-order chi connectivity index (χ0) is 10.1. The van der Waals surface area contributed by atoms with Crippen LogP contribution in [0.2, 0.25) is 0 Å². The summed E-state index contributed by atoms with van der Waals surface area (Å²) in [5, 5.41) is 0. The molecule has 0 aliphatic heterocycles. The van der Waals surface area contributed by atoms with Gasteiger partial charge in [-0.2, -0.15) is 4.39 Å².